The summed E-state index contributed by atoms with van der Waals surface area (Å²) in [5.74, 6) is 0.370. The zero-order chi connectivity index (χ0) is 13.6. The Kier molecular flexibility index (Phi) is 2.82. The van der Waals surface area contributed by atoms with Gasteiger partial charge in [0, 0.05) is 11.1 Å². The molecule has 2 heterocycles. The monoisotopic (exact) mass is 260 g/mol. The van der Waals surface area contributed by atoms with Crippen molar-refractivity contribution < 1.29 is 19.1 Å². The maximum absolute atomic E-state index is 11.8. The van der Waals surface area contributed by atoms with E-state index in [2.05, 4.69) is 0 Å². The predicted molar refractivity (Wildman–Crippen MR) is 69.3 cm³/mol. The van der Waals surface area contributed by atoms with Crippen molar-refractivity contribution in [2.24, 2.45) is 0 Å². The number of ether oxygens (including phenoxy) is 1. The summed E-state index contributed by atoms with van der Waals surface area (Å²) in [6.45, 7) is 3.79. The Morgan fingerprint density at radius 3 is 2.95 bits per heavy atom. The Morgan fingerprint density at radius 1 is 1.37 bits per heavy atom. The van der Waals surface area contributed by atoms with E-state index in [1.807, 2.05) is 26.0 Å². The minimum atomic E-state index is -0.566. The number of rotatable bonds is 0. The standard InChI is InChI=1S/C15H16O4/c1-8-5-12-14(9(2)7-18-12)13-6-10(15(17)19-13)3-4-11(8)16/h5-7,11,13,16H,3-4H2,1-2H3/t11-,13+/m0/s1. The van der Waals surface area contributed by atoms with Crippen LogP contribution >= 0.6 is 0 Å². The molecule has 1 aliphatic heterocycles. The average molecular weight is 260 g/mol. The van der Waals surface area contributed by atoms with Gasteiger partial charge in [0.2, 0.25) is 0 Å². The fourth-order valence-corrected chi connectivity index (χ4v) is 2.58. The molecule has 2 aliphatic rings. The van der Waals surface area contributed by atoms with E-state index >= 15 is 0 Å². The summed E-state index contributed by atoms with van der Waals surface area (Å²) < 4.78 is 10.9. The fraction of sp³-hybridized carbons (Fsp3) is 0.400. The molecule has 0 saturated heterocycles. The van der Waals surface area contributed by atoms with Gasteiger partial charge in [0.15, 0.2) is 6.10 Å². The normalized spacial score (nSPS) is 26.4. The number of esters is 1. The third-order valence-electron chi connectivity index (χ3n) is 3.76. The third kappa shape index (κ3) is 2.02. The van der Waals surface area contributed by atoms with Crippen LogP contribution in [-0.4, -0.2) is 17.2 Å². The number of hydrogen-bond acceptors (Lipinski definition) is 4. The molecule has 1 aromatic rings. The van der Waals surface area contributed by atoms with Crippen LogP contribution in [0.1, 0.15) is 42.8 Å². The molecular weight excluding hydrogens is 244 g/mol. The maximum atomic E-state index is 11.8. The number of fused-ring (bicyclic) bond motifs is 3. The number of carbonyl (C=O) groups excluding carboxylic acids is 1. The first-order valence-corrected chi connectivity index (χ1v) is 6.42. The molecule has 3 rings (SSSR count). The van der Waals surface area contributed by atoms with Gasteiger partial charge in [0.05, 0.1) is 12.4 Å². The summed E-state index contributed by atoms with van der Waals surface area (Å²) in [6.07, 6.45) is 5.44. The van der Waals surface area contributed by atoms with Gasteiger partial charge in [-0.15, -0.1) is 0 Å². The molecule has 100 valence electrons. The van der Waals surface area contributed by atoms with Crippen LogP contribution < -0.4 is 0 Å². The molecule has 2 atom stereocenters. The van der Waals surface area contributed by atoms with Crippen molar-refractivity contribution in [2.75, 3.05) is 0 Å². The molecule has 0 amide bonds. The smallest absolute Gasteiger partial charge is 0.334 e. The van der Waals surface area contributed by atoms with Crippen LogP contribution in [0.5, 0.6) is 0 Å². The molecule has 2 bridgehead atoms. The van der Waals surface area contributed by atoms with Crippen LogP contribution in [0.2, 0.25) is 0 Å². The van der Waals surface area contributed by atoms with Crippen LogP contribution in [0.25, 0.3) is 6.08 Å². The Labute approximate surface area is 111 Å². The van der Waals surface area contributed by atoms with Gasteiger partial charge in [0.25, 0.3) is 0 Å². The molecule has 4 heteroatoms. The molecule has 0 unspecified atom stereocenters. The Balaban J connectivity index is 2.13. The van der Waals surface area contributed by atoms with Crippen LogP contribution in [0, 0.1) is 6.92 Å². The highest BCUT2D eigenvalue weighted by molar-refractivity contribution is 5.91. The number of aliphatic hydroxyl groups is 1. The van der Waals surface area contributed by atoms with Gasteiger partial charge < -0.3 is 14.3 Å². The molecule has 0 aromatic carbocycles. The van der Waals surface area contributed by atoms with Crippen molar-refractivity contribution in [3.8, 4) is 0 Å². The van der Waals surface area contributed by atoms with E-state index < -0.39 is 6.10 Å². The van der Waals surface area contributed by atoms with Crippen LogP contribution in [0.15, 0.2) is 27.9 Å². The van der Waals surface area contributed by atoms with Gasteiger partial charge in [-0.3, -0.25) is 0 Å². The number of aryl methyl sites for hydroxylation is 1. The lowest BCUT2D eigenvalue weighted by Crippen LogP contribution is -2.09. The van der Waals surface area contributed by atoms with E-state index in [0.29, 0.717) is 24.2 Å². The molecule has 4 nitrogen and oxygen atoms in total. The summed E-state index contributed by atoms with van der Waals surface area (Å²) in [6, 6.07) is 0. The van der Waals surface area contributed by atoms with Gasteiger partial charge in [-0.25, -0.2) is 4.79 Å². The SMILES string of the molecule is CC1=Cc2occ(C)c2[C@H]2C=C(CC[C@@H]1O)C(=O)O2. The van der Waals surface area contributed by atoms with Gasteiger partial charge >= 0.3 is 5.97 Å². The fourth-order valence-electron chi connectivity index (χ4n) is 2.58. The second kappa shape index (κ2) is 4.38. The first-order chi connectivity index (χ1) is 9.06. The van der Waals surface area contributed by atoms with Crippen molar-refractivity contribution in [2.45, 2.75) is 38.9 Å². The third-order valence-corrected chi connectivity index (χ3v) is 3.76. The number of hydrogen-bond donors (Lipinski definition) is 1. The summed E-state index contributed by atoms with van der Waals surface area (Å²) in [7, 11) is 0. The quantitative estimate of drug-likeness (QED) is 0.728. The highest BCUT2D eigenvalue weighted by Crippen LogP contribution is 2.37. The van der Waals surface area contributed by atoms with E-state index in [0.717, 1.165) is 16.7 Å². The van der Waals surface area contributed by atoms with Gasteiger partial charge in [-0.1, -0.05) is 0 Å². The Bertz CT molecular complexity index is 591. The molecule has 1 aromatic heterocycles. The lowest BCUT2D eigenvalue weighted by Gasteiger charge is -2.12. The molecule has 1 aliphatic carbocycles. The minimum Gasteiger partial charge on any atom is -0.464 e. The van der Waals surface area contributed by atoms with Gasteiger partial charge in [-0.2, -0.15) is 0 Å². The minimum absolute atomic E-state index is 0.289. The van der Waals surface area contributed by atoms with E-state index in [1.165, 1.54) is 0 Å². The predicted octanol–water partition coefficient (Wildman–Crippen LogP) is 2.67. The summed E-state index contributed by atoms with van der Waals surface area (Å²) >= 11 is 0. The highest BCUT2D eigenvalue weighted by Gasteiger charge is 2.31. The maximum Gasteiger partial charge on any atom is 0.334 e. The number of aliphatic hydroxyl groups excluding tert-OH is 1. The van der Waals surface area contributed by atoms with Crippen LogP contribution in [-0.2, 0) is 9.53 Å². The summed E-state index contributed by atoms with van der Waals surface area (Å²) in [5.41, 5.74) is 3.30. The summed E-state index contributed by atoms with van der Waals surface area (Å²) in [4.78, 5) is 11.8. The van der Waals surface area contributed by atoms with E-state index in [-0.39, 0.29) is 12.1 Å². The zero-order valence-electron chi connectivity index (χ0n) is 11.0. The van der Waals surface area contributed by atoms with Crippen LogP contribution in [0.3, 0.4) is 0 Å². The second-order valence-corrected chi connectivity index (χ2v) is 5.16. The molecule has 0 fully saturated rings. The molecule has 0 radical (unpaired) electrons. The lowest BCUT2D eigenvalue weighted by atomic mass is 9.96. The van der Waals surface area contributed by atoms with Gasteiger partial charge in [0.1, 0.15) is 5.76 Å². The highest BCUT2D eigenvalue weighted by atomic mass is 16.5. The Hall–Kier alpha value is -1.81. The number of carbonyl (C=O) groups is 1. The number of furan rings is 1. The first kappa shape index (κ1) is 12.2. The first-order valence-electron chi connectivity index (χ1n) is 6.42. The van der Waals surface area contributed by atoms with E-state index in [9.17, 15) is 9.90 Å². The topological polar surface area (TPSA) is 59.7 Å². The largest absolute Gasteiger partial charge is 0.464 e. The van der Waals surface area contributed by atoms with Gasteiger partial charge in [-0.05, 0) is 50.0 Å². The second-order valence-electron chi connectivity index (χ2n) is 5.16. The van der Waals surface area contributed by atoms with Crippen molar-refractivity contribution in [1.29, 1.82) is 0 Å². The average Bonchev–Trinajstić information content (AvgIpc) is 2.89. The van der Waals surface area contributed by atoms with Crippen molar-refractivity contribution in [3.63, 3.8) is 0 Å². The molecule has 1 N–H and O–H groups in total. The molecule has 0 saturated carbocycles. The summed E-state index contributed by atoms with van der Waals surface area (Å²) in [5, 5.41) is 10.1. The van der Waals surface area contributed by atoms with Crippen molar-refractivity contribution in [3.05, 3.63) is 40.4 Å². The molecular formula is C15H16O4. The van der Waals surface area contributed by atoms with Crippen molar-refractivity contribution >= 4 is 12.0 Å². The zero-order valence-corrected chi connectivity index (χ0v) is 11.0. The van der Waals surface area contributed by atoms with E-state index in [4.69, 9.17) is 9.15 Å². The Morgan fingerprint density at radius 2 is 2.16 bits per heavy atom. The molecule has 0 spiro atoms. The lowest BCUT2D eigenvalue weighted by molar-refractivity contribution is -0.140. The van der Waals surface area contributed by atoms with E-state index in [1.54, 1.807) is 6.26 Å². The molecule has 19 heavy (non-hydrogen) atoms. The van der Waals surface area contributed by atoms with Crippen LogP contribution in [0.4, 0.5) is 0 Å². The van der Waals surface area contributed by atoms with Crippen molar-refractivity contribution in [1.82, 2.24) is 0 Å².